The van der Waals surface area contributed by atoms with Gasteiger partial charge in [-0.25, -0.2) is 0 Å². The van der Waals surface area contributed by atoms with Gasteiger partial charge in [-0.2, -0.15) is 0 Å². The molecule has 3 heteroatoms. The first-order valence-electron chi connectivity index (χ1n) is 11.9. The van der Waals surface area contributed by atoms with Gasteiger partial charge in [0.15, 0.2) is 0 Å². The lowest BCUT2D eigenvalue weighted by Crippen LogP contribution is -2.24. The average molecular weight is 468 g/mol. The third kappa shape index (κ3) is 4.02. The van der Waals surface area contributed by atoms with Crippen molar-refractivity contribution in [2.75, 3.05) is 0 Å². The monoisotopic (exact) mass is 467 g/mol. The van der Waals surface area contributed by atoms with Crippen LogP contribution in [0, 0.1) is 6.92 Å². The van der Waals surface area contributed by atoms with Crippen LogP contribution in [0.25, 0.3) is 42.2 Å². The van der Waals surface area contributed by atoms with Crippen molar-refractivity contribution in [3.63, 3.8) is 0 Å². The Morgan fingerprint density at radius 1 is 0.848 bits per heavy atom. The third-order valence-electron chi connectivity index (χ3n) is 6.58. The van der Waals surface area contributed by atoms with Crippen LogP contribution in [-0.4, -0.2) is 13.1 Å². The maximum absolute atomic E-state index is 4.93. The Bertz CT molecular complexity index is 1510. The normalized spacial score (nSPS) is 12.8. The largest absolute Gasteiger partial charge is 0.255 e. The molecular weight excluding hydrogens is 434 g/mol. The van der Waals surface area contributed by atoms with Crippen LogP contribution < -0.4 is 0 Å². The van der Waals surface area contributed by atoms with Crippen molar-refractivity contribution in [3.8, 4) is 11.3 Å². The number of nitrogens with zero attached hydrogens (tertiary/aromatic N) is 1. The fourth-order valence-corrected chi connectivity index (χ4v) is 7.84. The number of benzene rings is 3. The zero-order valence-corrected chi connectivity index (χ0v) is 22.7. The second-order valence-electron chi connectivity index (χ2n) is 11.6. The fourth-order valence-electron chi connectivity index (χ4n) is 4.98. The second kappa shape index (κ2) is 7.78. The molecule has 0 radical (unpaired) electrons. The highest BCUT2D eigenvalue weighted by Crippen LogP contribution is 2.43. The van der Waals surface area contributed by atoms with Crippen LogP contribution in [0.1, 0.15) is 37.5 Å². The second-order valence-corrected chi connectivity index (χ2v) is 18.1. The maximum Gasteiger partial charge on any atom is 0.0880 e. The average Bonchev–Trinajstić information content (AvgIpc) is 3.13. The molecule has 5 rings (SSSR count). The van der Waals surface area contributed by atoms with Gasteiger partial charge in [0.25, 0.3) is 0 Å². The minimum absolute atomic E-state index is 0.0615. The van der Waals surface area contributed by atoms with E-state index in [2.05, 4.69) is 102 Å². The molecule has 0 atom stereocenters. The van der Waals surface area contributed by atoms with Crippen LogP contribution in [0.15, 0.2) is 60.8 Å². The van der Waals surface area contributed by atoms with Crippen LogP contribution in [0.2, 0.25) is 19.6 Å². The van der Waals surface area contributed by atoms with E-state index in [1.807, 2.05) is 17.5 Å². The standard InChI is InChI=1S/C30H33NSSi/c1-19-21(18-33(5,6)7)12-13-24-25-14-15-31-27(29(25)32-28(19)24)22-16-20-10-8-9-11-23(20)26(17-22)30(2,3)4/h8-17H,18H2,1-7H3. The van der Waals surface area contributed by atoms with E-state index in [-0.39, 0.29) is 5.41 Å². The van der Waals surface area contributed by atoms with Gasteiger partial charge in [-0.1, -0.05) is 76.8 Å². The van der Waals surface area contributed by atoms with Crippen molar-refractivity contribution < 1.29 is 0 Å². The number of fused-ring (bicyclic) bond motifs is 4. The van der Waals surface area contributed by atoms with Crippen molar-refractivity contribution in [1.29, 1.82) is 0 Å². The van der Waals surface area contributed by atoms with Crippen LogP contribution in [0.5, 0.6) is 0 Å². The summed E-state index contributed by atoms with van der Waals surface area (Å²) in [5, 5.41) is 5.32. The number of thiophene rings is 1. The molecule has 0 saturated carbocycles. The van der Waals surface area contributed by atoms with Crippen molar-refractivity contribution in [3.05, 3.63) is 77.5 Å². The molecule has 0 amide bonds. The molecule has 168 valence electrons. The first-order chi connectivity index (χ1) is 15.5. The highest BCUT2D eigenvalue weighted by molar-refractivity contribution is 7.26. The number of hydrogen-bond donors (Lipinski definition) is 0. The molecule has 1 nitrogen and oxygen atoms in total. The van der Waals surface area contributed by atoms with Gasteiger partial charge < -0.3 is 0 Å². The van der Waals surface area contributed by atoms with Crippen molar-refractivity contribution in [2.24, 2.45) is 0 Å². The molecule has 5 aromatic rings. The third-order valence-corrected chi connectivity index (χ3v) is 9.37. The topological polar surface area (TPSA) is 12.9 Å². The van der Waals surface area contributed by atoms with Gasteiger partial charge in [0, 0.05) is 35.3 Å². The zero-order chi connectivity index (χ0) is 23.5. The highest BCUT2D eigenvalue weighted by Gasteiger charge is 2.21. The van der Waals surface area contributed by atoms with E-state index in [9.17, 15) is 0 Å². The van der Waals surface area contributed by atoms with Gasteiger partial charge >= 0.3 is 0 Å². The van der Waals surface area contributed by atoms with Crippen LogP contribution in [0.4, 0.5) is 0 Å². The Labute approximate surface area is 202 Å². The molecule has 3 aromatic carbocycles. The fraction of sp³-hybridized carbons (Fsp3) is 0.300. The Morgan fingerprint density at radius 2 is 1.58 bits per heavy atom. The van der Waals surface area contributed by atoms with E-state index in [0.717, 1.165) is 5.69 Å². The van der Waals surface area contributed by atoms with E-state index in [1.165, 1.54) is 59.2 Å². The number of pyridine rings is 1. The molecule has 0 spiro atoms. The number of aromatic nitrogens is 1. The summed E-state index contributed by atoms with van der Waals surface area (Å²) in [4.78, 5) is 4.93. The molecule has 33 heavy (non-hydrogen) atoms. The molecule has 0 bridgehead atoms. The summed E-state index contributed by atoms with van der Waals surface area (Å²) in [6.07, 6.45) is 1.99. The molecule has 2 heterocycles. The first-order valence-corrected chi connectivity index (χ1v) is 16.4. The minimum atomic E-state index is -1.18. The summed E-state index contributed by atoms with van der Waals surface area (Å²) in [6.45, 7) is 16.6. The Balaban J connectivity index is 1.78. The Morgan fingerprint density at radius 3 is 2.30 bits per heavy atom. The molecule has 0 fully saturated rings. The summed E-state index contributed by atoms with van der Waals surface area (Å²) in [5.74, 6) is 0. The molecule has 0 aliphatic rings. The predicted octanol–water partition coefficient (Wildman–Crippen LogP) is 9.30. The lowest BCUT2D eigenvalue weighted by atomic mass is 9.82. The number of rotatable bonds is 3. The van der Waals surface area contributed by atoms with Gasteiger partial charge in [-0.05, 0) is 64.0 Å². The lowest BCUT2D eigenvalue weighted by Gasteiger charge is -2.22. The minimum Gasteiger partial charge on any atom is -0.255 e. The summed E-state index contributed by atoms with van der Waals surface area (Å²) in [7, 11) is -1.18. The van der Waals surface area contributed by atoms with Gasteiger partial charge in [0.05, 0.1) is 10.4 Å². The summed E-state index contributed by atoms with van der Waals surface area (Å²) >= 11 is 1.92. The Hall–Kier alpha value is -2.49. The van der Waals surface area contributed by atoms with Gasteiger partial charge in [0.1, 0.15) is 0 Å². The van der Waals surface area contributed by atoms with Crippen LogP contribution >= 0.6 is 11.3 Å². The zero-order valence-electron chi connectivity index (χ0n) is 20.8. The molecular formula is C30H33NSSi. The van der Waals surface area contributed by atoms with Crippen molar-refractivity contribution in [2.45, 2.75) is 58.8 Å². The molecule has 0 saturated heterocycles. The molecule has 0 N–H and O–H groups in total. The number of aryl methyl sites for hydroxylation is 1. The van der Waals surface area contributed by atoms with Crippen LogP contribution in [-0.2, 0) is 11.5 Å². The van der Waals surface area contributed by atoms with E-state index in [4.69, 9.17) is 4.98 Å². The van der Waals surface area contributed by atoms with E-state index in [0.29, 0.717) is 0 Å². The first kappa shape index (κ1) is 22.3. The maximum atomic E-state index is 4.93. The van der Waals surface area contributed by atoms with E-state index >= 15 is 0 Å². The van der Waals surface area contributed by atoms with Crippen molar-refractivity contribution in [1.82, 2.24) is 4.98 Å². The summed E-state index contributed by atoms with van der Waals surface area (Å²) in [5.41, 5.74) is 6.74. The molecule has 0 aliphatic heterocycles. The van der Waals surface area contributed by atoms with E-state index < -0.39 is 8.07 Å². The van der Waals surface area contributed by atoms with Gasteiger partial charge in [-0.15, -0.1) is 11.3 Å². The van der Waals surface area contributed by atoms with Crippen LogP contribution in [0.3, 0.4) is 0 Å². The number of hydrogen-bond acceptors (Lipinski definition) is 2. The van der Waals surface area contributed by atoms with E-state index in [1.54, 1.807) is 0 Å². The molecule has 2 aromatic heterocycles. The smallest absolute Gasteiger partial charge is 0.0880 e. The summed E-state index contributed by atoms with van der Waals surface area (Å²) in [6, 6.07) is 21.6. The van der Waals surface area contributed by atoms with Gasteiger partial charge in [-0.3, -0.25) is 4.98 Å². The SMILES string of the molecule is Cc1c(C[Si](C)(C)C)ccc2c1sc1c(-c3cc(C(C)(C)C)c4ccccc4c3)nccc12. The lowest BCUT2D eigenvalue weighted by molar-refractivity contribution is 0.596. The molecule has 0 unspecified atom stereocenters. The quantitative estimate of drug-likeness (QED) is 0.241. The molecule has 0 aliphatic carbocycles. The van der Waals surface area contributed by atoms with Crippen molar-refractivity contribution >= 4 is 50.4 Å². The Kier molecular flexibility index (Phi) is 5.26. The highest BCUT2D eigenvalue weighted by atomic mass is 32.1. The predicted molar refractivity (Wildman–Crippen MR) is 151 cm³/mol. The van der Waals surface area contributed by atoms with Gasteiger partial charge in [0.2, 0.25) is 0 Å². The summed E-state index contributed by atoms with van der Waals surface area (Å²) < 4.78 is 2.72.